The van der Waals surface area contributed by atoms with Crippen LogP contribution in [0.1, 0.15) is 24.8 Å². The van der Waals surface area contributed by atoms with Gasteiger partial charge in [-0.25, -0.2) is 4.98 Å². The molecule has 0 aliphatic heterocycles. The van der Waals surface area contributed by atoms with Gasteiger partial charge in [-0.3, -0.25) is 0 Å². The molecule has 3 nitrogen and oxygen atoms in total. The van der Waals surface area contributed by atoms with E-state index in [9.17, 15) is 0 Å². The van der Waals surface area contributed by atoms with Crippen molar-refractivity contribution >= 4 is 11.0 Å². The Hall–Kier alpha value is -1.35. The summed E-state index contributed by atoms with van der Waals surface area (Å²) in [5.41, 5.74) is 3.67. The van der Waals surface area contributed by atoms with Gasteiger partial charge in [-0.1, -0.05) is 13.0 Å². The average Bonchev–Trinajstić information content (AvgIpc) is 2.67. The minimum Gasteiger partial charge on any atom is -0.334 e. The van der Waals surface area contributed by atoms with Crippen LogP contribution in [0.5, 0.6) is 0 Å². The lowest BCUT2D eigenvalue weighted by molar-refractivity contribution is 0.612. The van der Waals surface area contributed by atoms with Gasteiger partial charge in [0.1, 0.15) is 0 Å². The molecule has 0 spiro atoms. The lowest BCUT2D eigenvalue weighted by Gasteiger charge is -2.14. The van der Waals surface area contributed by atoms with Gasteiger partial charge in [0.15, 0.2) is 0 Å². The Kier molecular flexibility index (Phi) is 3.25. The maximum atomic E-state index is 4.40. The Morgan fingerprint density at radius 3 is 2.94 bits per heavy atom. The van der Waals surface area contributed by atoms with Crippen molar-refractivity contribution in [1.82, 2.24) is 14.9 Å². The van der Waals surface area contributed by atoms with Crippen molar-refractivity contribution in [2.75, 3.05) is 13.6 Å². The van der Waals surface area contributed by atoms with Gasteiger partial charge in [-0.15, -0.1) is 0 Å². The van der Waals surface area contributed by atoms with Crippen LogP contribution < -0.4 is 5.32 Å². The fourth-order valence-corrected chi connectivity index (χ4v) is 2.15. The minimum absolute atomic E-state index is 0.580. The molecule has 0 bridgehead atoms. The van der Waals surface area contributed by atoms with E-state index in [1.165, 1.54) is 11.1 Å². The second-order valence-electron chi connectivity index (χ2n) is 4.27. The first-order valence-corrected chi connectivity index (χ1v) is 5.81. The van der Waals surface area contributed by atoms with Crippen LogP contribution in [0.15, 0.2) is 24.5 Å². The van der Waals surface area contributed by atoms with Crippen molar-refractivity contribution in [3.8, 4) is 0 Å². The van der Waals surface area contributed by atoms with Gasteiger partial charge in [-0.2, -0.15) is 0 Å². The van der Waals surface area contributed by atoms with Crippen LogP contribution >= 0.6 is 0 Å². The zero-order valence-corrected chi connectivity index (χ0v) is 10.2. The summed E-state index contributed by atoms with van der Waals surface area (Å²) in [6, 6.07) is 6.59. The summed E-state index contributed by atoms with van der Waals surface area (Å²) in [5, 5.41) is 3.24. The Bertz CT molecular complexity index is 473. The molecule has 0 fully saturated rings. The summed E-state index contributed by atoms with van der Waals surface area (Å²) in [5.74, 6) is 0.580. The number of hydrogen-bond donors (Lipinski definition) is 1. The number of benzene rings is 1. The molecular weight excluding hydrogens is 198 g/mol. The minimum atomic E-state index is 0.580. The largest absolute Gasteiger partial charge is 0.334 e. The fourth-order valence-electron chi connectivity index (χ4n) is 2.15. The van der Waals surface area contributed by atoms with Crippen LogP contribution in [0.25, 0.3) is 11.0 Å². The highest BCUT2D eigenvalue weighted by Gasteiger charge is 2.09. The molecule has 1 aromatic carbocycles. The third kappa shape index (κ3) is 1.95. The van der Waals surface area contributed by atoms with Crippen molar-refractivity contribution in [3.05, 3.63) is 30.1 Å². The molecule has 16 heavy (non-hydrogen) atoms. The van der Waals surface area contributed by atoms with E-state index in [1.807, 2.05) is 20.4 Å². The van der Waals surface area contributed by atoms with Crippen molar-refractivity contribution < 1.29 is 0 Å². The summed E-state index contributed by atoms with van der Waals surface area (Å²) in [6.45, 7) is 3.25. The molecule has 1 heterocycles. The van der Waals surface area contributed by atoms with Crippen LogP contribution in [-0.4, -0.2) is 23.1 Å². The summed E-state index contributed by atoms with van der Waals surface area (Å²) in [7, 11) is 4.03. The van der Waals surface area contributed by atoms with E-state index < -0.39 is 0 Å². The first kappa shape index (κ1) is 11.1. The third-order valence-corrected chi connectivity index (χ3v) is 3.16. The van der Waals surface area contributed by atoms with Gasteiger partial charge in [0.05, 0.1) is 17.4 Å². The molecule has 1 unspecified atom stereocenters. The highest BCUT2D eigenvalue weighted by molar-refractivity contribution is 5.76. The second-order valence-corrected chi connectivity index (χ2v) is 4.27. The molecule has 0 radical (unpaired) electrons. The monoisotopic (exact) mass is 217 g/mol. The quantitative estimate of drug-likeness (QED) is 0.851. The van der Waals surface area contributed by atoms with E-state index in [1.54, 1.807) is 0 Å². The molecule has 0 aliphatic rings. The first-order chi connectivity index (χ1) is 7.76. The highest BCUT2D eigenvalue weighted by atomic mass is 15.0. The second kappa shape index (κ2) is 4.66. The number of fused-ring (bicyclic) bond motifs is 1. The van der Waals surface area contributed by atoms with Crippen LogP contribution in [0.3, 0.4) is 0 Å². The summed E-state index contributed by atoms with van der Waals surface area (Å²) < 4.78 is 2.05. The average molecular weight is 217 g/mol. The maximum absolute atomic E-state index is 4.40. The number of aromatic nitrogens is 2. The van der Waals surface area contributed by atoms with Crippen molar-refractivity contribution in [3.63, 3.8) is 0 Å². The van der Waals surface area contributed by atoms with E-state index in [4.69, 9.17) is 0 Å². The van der Waals surface area contributed by atoms with E-state index in [0.29, 0.717) is 5.92 Å². The van der Waals surface area contributed by atoms with Crippen LogP contribution in [0.2, 0.25) is 0 Å². The zero-order valence-electron chi connectivity index (χ0n) is 10.2. The lowest BCUT2D eigenvalue weighted by atomic mass is 9.96. The summed E-state index contributed by atoms with van der Waals surface area (Å²) in [4.78, 5) is 4.40. The number of nitrogens with zero attached hydrogens (tertiary/aromatic N) is 2. The highest BCUT2D eigenvalue weighted by Crippen LogP contribution is 2.22. The fraction of sp³-hybridized carbons (Fsp3) is 0.462. The third-order valence-electron chi connectivity index (χ3n) is 3.16. The Labute approximate surface area is 96.5 Å². The van der Waals surface area contributed by atoms with E-state index in [0.717, 1.165) is 18.5 Å². The Morgan fingerprint density at radius 2 is 2.25 bits per heavy atom. The van der Waals surface area contributed by atoms with Gasteiger partial charge in [0.2, 0.25) is 0 Å². The van der Waals surface area contributed by atoms with E-state index in [-0.39, 0.29) is 0 Å². The van der Waals surface area contributed by atoms with Crippen molar-refractivity contribution in [1.29, 1.82) is 0 Å². The van der Waals surface area contributed by atoms with Gasteiger partial charge < -0.3 is 9.88 Å². The Balaban J connectivity index is 2.37. The number of likely N-dealkylation sites (N-methyl/N-ethyl adjacent to an activating group) is 1. The lowest BCUT2D eigenvalue weighted by Crippen LogP contribution is -2.16. The molecular formula is C13H19N3. The molecule has 1 N–H and O–H groups in total. The molecule has 0 saturated heterocycles. The van der Waals surface area contributed by atoms with Crippen molar-refractivity contribution in [2.45, 2.75) is 19.3 Å². The molecule has 2 rings (SSSR count). The smallest absolute Gasteiger partial charge is 0.0955 e. The molecule has 0 amide bonds. The van der Waals surface area contributed by atoms with Gasteiger partial charge in [0, 0.05) is 13.6 Å². The van der Waals surface area contributed by atoms with Crippen LogP contribution in [0, 0.1) is 0 Å². The summed E-state index contributed by atoms with van der Waals surface area (Å²) >= 11 is 0. The normalized spacial score (nSPS) is 13.2. The number of imidazole rings is 1. The first-order valence-electron chi connectivity index (χ1n) is 5.81. The molecule has 0 saturated carbocycles. The summed E-state index contributed by atoms with van der Waals surface area (Å²) in [6.07, 6.45) is 3.02. The zero-order chi connectivity index (χ0) is 11.5. The molecule has 3 heteroatoms. The SMILES string of the molecule is CCC(CNC)c1ccc2c(c1)ncn2C. The number of aryl methyl sites for hydroxylation is 1. The Morgan fingerprint density at radius 1 is 1.44 bits per heavy atom. The van der Waals surface area contributed by atoms with Gasteiger partial charge in [-0.05, 0) is 37.1 Å². The predicted octanol–water partition coefficient (Wildman–Crippen LogP) is 2.29. The van der Waals surface area contributed by atoms with E-state index >= 15 is 0 Å². The topological polar surface area (TPSA) is 29.9 Å². The predicted molar refractivity (Wildman–Crippen MR) is 67.7 cm³/mol. The van der Waals surface area contributed by atoms with Crippen LogP contribution in [0.4, 0.5) is 0 Å². The molecule has 1 atom stereocenters. The van der Waals surface area contributed by atoms with E-state index in [2.05, 4.69) is 40.0 Å². The molecule has 86 valence electrons. The number of hydrogen-bond acceptors (Lipinski definition) is 2. The van der Waals surface area contributed by atoms with Gasteiger partial charge >= 0.3 is 0 Å². The molecule has 0 aliphatic carbocycles. The van der Waals surface area contributed by atoms with Crippen molar-refractivity contribution in [2.24, 2.45) is 7.05 Å². The molecule has 2 aromatic rings. The standard InChI is InChI=1S/C13H19N3/c1-4-10(8-14-2)11-5-6-13-12(7-11)15-9-16(13)3/h5-7,9-10,14H,4,8H2,1-3H3. The number of nitrogens with one attached hydrogen (secondary N) is 1. The maximum Gasteiger partial charge on any atom is 0.0955 e. The van der Waals surface area contributed by atoms with Gasteiger partial charge in [0.25, 0.3) is 0 Å². The molecule has 1 aromatic heterocycles. The number of rotatable bonds is 4. The van der Waals surface area contributed by atoms with Crippen LogP contribution in [-0.2, 0) is 7.05 Å².